The van der Waals surface area contributed by atoms with Gasteiger partial charge < -0.3 is 24.3 Å². The van der Waals surface area contributed by atoms with Gasteiger partial charge in [0.25, 0.3) is 0 Å². The average Bonchev–Trinajstić information content (AvgIpc) is 3.49. The highest BCUT2D eigenvalue weighted by molar-refractivity contribution is 7.80. The maximum Gasteiger partial charge on any atom is 0.174 e. The van der Waals surface area contributed by atoms with Crippen molar-refractivity contribution in [1.29, 1.82) is 0 Å². The minimum absolute atomic E-state index is 0.174. The summed E-state index contributed by atoms with van der Waals surface area (Å²) in [6.45, 7) is 4.18. The Morgan fingerprint density at radius 3 is 2.19 bits per heavy atom. The summed E-state index contributed by atoms with van der Waals surface area (Å²) < 4.78 is 13.5. The standard InChI is InChI=1S/C33H28Cl2N4O2S/c1-20-18-27(21(2)38(20)30-16-7-22(34)19-28(30)35)32-31(29-6-4-5-17-36-29)37-33(42)39(32)23-8-10-25(11-9-23)41-26-14-12-24(40-3)13-15-26/h4-19,31-32H,1-3H3,(H,37,42)/t31-,32+/m1/s1. The highest BCUT2D eigenvalue weighted by atomic mass is 35.5. The van der Waals surface area contributed by atoms with Gasteiger partial charge in [-0.2, -0.15) is 0 Å². The van der Waals surface area contributed by atoms with Gasteiger partial charge >= 0.3 is 0 Å². The summed E-state index contributed by atoms with van der Waals surface area (Å²) in [6.07, 6.45) is 1.81. The number of aryl methyl sites for hydroxylation is 1. The van der Waals surface area contributed by atoms with Gasteiger partial charge in [-0.3, -0.25) is 4.98 Å². The molecule has 2 atom stereocenters. The molecule has 1 aliphatic heterocycles. The normalized spacial score (nSPS) is 16.4. The molecule has 1 aliphatic rings. The SMILES string of the molecule is COc1ccc(Oc2ccc(N3C(=S)N[C@H](c4ccccn4)[C@@H]3c3cc(C)n(-c4ccc(Cl)cc4Cl)c3C)cc2)cc1. The van der Waals surface area contributed by atoms with Crippen molar-refractivity contribution in [1.82, 2.24) is 14.9 Å². The molecule has 212 valence electrons. The number of halogens is 2. The Bertz CT molecular complexity index is 1740. The largest absolute Gasteiger partial charge is 0.497 e. The number of nitrogens with zero attached hydrogens (tertiary/aromatic N) is 3. The van der Waals surface area contributed by atoms with Crippen LogP contribution in [0.3, 0.4) is 0 Å². The summed E-state index contributed by atoms with van der Waals surface area (Å²) in [7, 11) is 1.64. The van der Waals surface area contributed by atoms with E-state index in [1.165, 1.54) is 0 Å². The number of pyridine rings is 1. The van der Waals surface area contributed by atoms with Gasteiger partial charge in [-0.05, 0) is 117 Å². The lowest BCUT2D eigenvalue weighted by Gasteiger charge is -2.28. The van der Waals surface area contributed by atoms with Crippen LogP contribution in [0.4, 0.5) is 5.69 Å². The molecule has 0 saturated carbocycles. The Balaban J connectivity index is 1.39. The number of aromatic nitrogens is 2. The molecule has 0 radical (unpaired) electrons. The predicted molar refractivity (Wildman–Crippen MR) is 173 cm³/mol. The van der Waals surface area contributed by atoms with Gasteiger partial charge in [0.1, 0.15) is 17.2 Å². The fourth-order valence-corrected chi connectivity index (χ4v) is 6.36. The van der Waals surface area contributed by atoms with Crippen LogP contribution in [0.15, 0.2) is 97.2 Å². The molecule has 0 unspecified atom stereocenters. The molecule has 9 heteroatoms. The van der Waals surface area contributed by atoms with Crippen molar-refractivity contribution in [3.05, 3.63) is 130 Å². The maximum absolute atomic E-state index is 6.66. The predicted octanol–water partition coefficient (Wildman–Crippen LogP) is 8.77. The Kier molecular flexibility index (Phi) is 7.82. The Morgan fingerprint density at radius 1 is 0.857 bits per heavy atom. The smallest absolute Gasteiger partial charge is 0.174 e. The second kappa shape index (κ2) is 11.7. The van der Waals surface area contributed by atoms with E-state index in [-0.39, 0.29) is 12.1 Å². The molecule has 42 heavy (non-hydrogen) atoms. The molecule has 2 aromatic heterocycles. The second-order valence-electron chi connectivity index (χ2n) is 10.0. The Morgan fingerprint density at radius 2 is 1.55 bits per heavy atom. The van der Waals surface area contributed by atoms with Crippen LogP contribution in [0, 0.1) is 13.8 Å². The molecular formula is C33H28Cl2N4O2S. The summed E-state index contributed by atoms with van der Waals surface area (Å²) in [4.78, 5) is 6.85. The number of rotatable bonds is 7. The third-order valence-electron chi connectivity index (χ3n) is 7.45. The number of ether oxygens (including phenoxy) is 2. The molecule has 5 aromatic rings. The van der Waals surface area contributed by atoms with Gasteiger partial charge in [0, 0.05) is 28.3 Å². The molecule has 3 heterocycles. The Hall–Kier alpha value is -4.04. The van der Waals surface area contributed by atoms with E-state index < -0.39 is 0 Å². The van der Waals surface area contributed by atoms with E-state index in [0.717, 1.165) is 51.3 Å². The van der Waals surface area contributed by atoms with E-state index in [1.807, 2.05) is 85.1 Å². The van der Waals surface area contributed by atoms with Gasteiger partial charge in [0.2, 0.25) is 0 Å². The fourth-order valence-electron chi connectivity index (χ4n) is 5.52. The third-order valence-corrected chi connectivity index (χ3v) is 8.30. The van der Waals surface area contributed by atoms with Crippen LogP contribution >= 0.6 is 35.4 Å². The number of hydrogen-bond donors (Lipinski definition) is 1. The van der Waals surface area contributed by atoms with Crippen molar-refractivity contribution >= 4 is 46.2 Å². The van der Waals surface area contributed by atoms with Crippen molar-refractivity contribution in [3.63, 3.8) is 0 Å². The first-order valence-corrected chi connectivity index (χ1v) is 14.6. The topological polar surface area (TPSA) is 51.6 Å². The molecule has 1 fully saturated rings. The number of anilines is 1. The average molecular weight is 616 g/mol. The monoisotopic (exact) mass is 614 g/mol. The lowest BCUT2D eigenvalue weighted by Crippen LogP contribution is -2.29. The van der Waals surface area contributed by atoms with E-state index in [4.69, 9.17) is 49.9 Å². The molecule has 0 amide bonds. The molecule has 6 rings (SSSR count). The minimum atomic E-state index is -0.177. The number of benzene rings is 3. The van der Waals surface area contributed by atoms with E-state index in [1.54, 1.807) is 13.2 Å². The molecule has 1 N–H and O–H groups in total. The summed E-state index contributed by atoms with van der Waals surface area (Å²) in [5, 5.41) is 5.35. The van der Waals surface area contributed by atoms with Crippen LogP contribution in [-0.2, 0) is 0 Å². The van der Waals surface area contributed by atoms with Crippen molar-refractivity contribution in [2.24, 2.45) is 0 Å². The van der Waals surface area contributed by atoms with Crippen molar-refractivity contribution in [3.8, 4) is 22.9 Å². The van der Waals surface area contributed by atoms with Gasteiger partial charge in [-0.25, -0.2) is 0 Å². The molecule has 0 bridgehead atoms. The third kappa shape index (κ3) is 5.31. The van der Waals surface area contributed by atoms with Crippen molar-refractivity contribution in [2.45, 2.75) is 25.9 Å². The molecule has 6 nitrogen and oxygen atoms in total. The summed E-state index contributed by atoms with van der Waals surface area (Å²) in [5.74, 6) is 2.22. The number of thiocarbonyl (C=S) groups is 1. The number of hydrogen-bond acceptors (Lipinski definition) is 4. The molecule has 0 spiro atoms. The van der Waals surface area contributed by atoms with Crippen LogP contribution in [0.1, 0.15) is 34.7 Å². The van der Waals surface area contributed by atoms with Gasteiger partial charge in [-0.1, -0.05) is 29.3 Å². The first-order valence-electron chi connectivity index (χ1n) is 13.4. The molecule has 1 saturated heterocycles. The summed E-state index contributed by atoms with van der Waals surface area (Å²) in [5.41, 5.74) is 5.93. The highest BCUT2D eigenvalue weighted by Crippen LogP contribution is 2.44. The van der Waals surface area contributed by atoms with E-state index in [0.29, 0.717) is 15.2 Å². The zero-order valence-electron chi connectivity index (χ0n) is 23.2. The number of methoxy groups -OCH3 is 1. The van der Waals surface area contributed by atoms with Gasteiger partial charge in [0.05, 0.1) is 35.6 Å². The van der Waals surface area contributed by atoms with Crippen LogP contribution in [0.2, 0.25) is 10.0 Å². The minimum Gasteiger partial charge on any atom is -0.497 e. The van der Waals surface area contributed by atoms with Crippen molar-refractivity contribution in [2.75, 3.05) is 12.0 Å². The van der Waals surface area contributed by atoms with Crippen LogP contribution in [0.25, 0.3) is 5.69 Å². The van der Waals surface area contributed by atoms with Crippen molar-refractivity contribution < 1.29 is 9.47 Å². The second-order valence-corrected chi connectivity index (χ2v) is 11.3. The zero-order valence-corrected chi connectivity index (χ0v) is 25.5. The van der Waals surface area contributed by atoms with Crippen LogP contribution in [0.5, 0.6) is 17.2 Å². The first-order chi connectivity index (χ1) is 20.3. The van der Waals surface area contributed by atoms with Crippen LogP contribution in [-0.4, -0.2) is 21.8 Å². The summed E-state index contributed by atoms with van der Waals surface area (Å²) in [6, 6.07) is 28.8. The Labute approximate surface area is 260 Å². The number of nitrogens with one attached hydrogen (secondary N) is 1. The highest BCUT2D eigenvalue weighted by Gasteiger charge is 2.42. The van der Waals surface area contributed by atoms with Gasteiger partial charge in [-0.15, -0.1) is 0 Å². The first kappa shape index (κ1) is 28.1. The lowest BCUT2D eigenvalue weighted by atomic mass is 9.96. The fraction of sp³-hybridized carbons (Fsp3) is 0.152. The zero-order chi connectivity index (χ0) is 29.4. The quantitative estimate of drug-likeness (QED) is 0.185. The molecule has 3 aromatic carbocycles. The maximum atomic E-state index is 6.66. The van der Waals surface area contributed by atoms with Crippen LogP contribution < -0.4 is 19.7 Å². The van der Waals surface area contributed by atoms with E-state index >= 15 is 0 Å². The van der Waals surface area contributed by atoms with Gasteiger partial charge in [0.15, 0.2) is 5.11 Å². The lowest BCUT2D eigenvalue weighted by molar-refractivity contribution is 0.413. The molecular weight excluding hydrogens is 587 g/mol. The van der Waals surface area contributed by atoms with E-state index in [2.05, 4.69) is 34.7 Å². The van der Waals surface area contributed by atoms with E-state index in [9.17, 15) is 0 Å². The molecule has 0 aliphatic carbocycles. The summed E-state index contributed by atoms with van der Waals surface area (Å²) >= 11 is 18.8.